The highest BCUT2D eigenvalue weighted by molar-refractivity contribution is 7.17. The number of rotatable bonds is 9. The van der Waals surface area contributed by atoms with Crippen molar-refractivity contribution >= 4 is 39.5 Å². The molecule has 2 amide bonds. The molecule has 0 aliphatic rings. The van der Waals surface area contributed by atoms with Gasteiger partial charge >= 0.3 is 0 Å². The fraction of sp³-hybridized carbons (Fsp3) is 0.227. The van der Waals surface area contributed by atoms with Crippen molar-refractivity contribution in [1.29, 1.82) is 0 Å². The number of aliphatic hydroxyl groups excluding tert-OH is 1. The lowest BCUT2D eigenvalue weighted by molar-refractivity contribution is -0.128. The van der Waals surface area contributed by atoms with Crippen LogP contribution in [-0.4, -0.2) is 62.1 Å². The molecule has 0 bridgehead atoms. The van der Waals surface area contributed by atoms with Crippen LogP contribution in [0.4, 0.5) is 8.78 Å². The third kappa shape index (κ3) is 5.62. The van der Waals surface area contributed by atoms with E-state index in [1.54, 1.807) is 6.07 Å². The number of carbonyl (C=O) groups excluding carboxylic acids is 2. The SMILES string of the molecule is COc1cc(C(=O)NCC(=O)N(C)N=Cc2c(F)sc3c(F)cccc23)ccc1OCCO. The molecule has 11 heteroatoms. The van der Waals surface area contributed by atoms with E-state index in [1.807, 2.05) is 0 Å². The lowest BCUT2D eigenvalue weighted by Crippen LogP contribution is -2.36. The Morgan fingerprint density at radius 2 is 2.03 bits per heavy atom. The second-order valence-electron chi connectivity index (χ2n) is 6.69. The van der Waals surface area contributed by atoms with Gasteiger partial charge in [0.2, 0.25) is 0 Å². The van der Waals surface area contributed by atoms with Crippen molar-refractivity contribution in [1.82, 2.24) is 10.3 Å². The molecule has 3 rings (SSSR count). The molecule has 0 atom stereocenters. The number of aliphatic hydroxyl groups is 1. The smallest absolute Gasteiger partial charge is 0.261 e. The van der Waals surface area contributed by atoms with Crippen LogP contribution >= 0.6 is 11.3 Å². The molecule has 8 nitrogen and oxygen atoms in total. The van der Waals surface area contributed by atoms with Crippen LogP contribution in [0.1, 0.15) is 15.9 Å². The van der Waals surface area contributed by atoms with E-state index in [2.05, 4.69) is 10.4 Å². The fourth-order valence-electron chi connectivity index (χ4n) is 2.86. The van der Waals surface area contributed by atoms with E-state index in [9.17, 15) is 18.4 Å². The van der Waals surface area contributed by atoms with Gasteiger partial charge in [-0.1, -0.05) is 12.1 Å². The molecule has 0 unspecified atom stereocenters. The van der Waals surface area contributed by atoms with Crippen molar-refractivity contribution in [2.24, 2.45) is 5.10 Å². The van der Waals surface area contributed by atoms with Gasteiger partial charge in [-0.25, -0.2) is 9.40 Å². The van der Waals surface area contributed by atoms with Crippen molar-refractivity contribution < 1.29 is 33.0 Å². The summed E-state index contributed by atoms with van der Waals surface area (Å²) in [5, 5.41) is 15.9. The summed E-state index contributed by atoms with van der Waals surface area (Å²) in [4.78, 5) is 24.7. The molecule has 0 spiro atoms. The minimum atomic E-state index is -0.617. The number of ether oxygens (including phenoxy) is 2. The van der Waals surface area contributed by atoms with Crippen molar-refractivity contribution in [3.05, 3.63) is 58.5 Å². The molecular formula is C22H21F2N3O5S. The Morgan fingerprint density at radius 1 is 1.24 bits per heavy atom. The number of hydrogen-bond acceptors (Lipinski definition) is 7. The van der Waals surface area contributed by atoms with Crippen LogP contribution in [0.2, 0.25) is 0 Å². The zero-order valence-corrected chi connectivity index (χ0v) is 18.6. The van der Waals surface area contributed by atoms with Gasteiger partial charge in [0, 0.05) is 23.6 Å². The topological polar surface area (TPSA) is 100 Å². The van der Waals surface area contributed by atoms with Crippen LogP contribution < -0.4 is 14.8 Å². The second kappa shape index (κ2) is 10.8. The molecule has 174 valence electrons. The Labute approximate surface area is 192 Å². The third-order valence-corrected chi connectivity index (χ3v) is 5.57. The molecule has 0 fully saturated rings. The van der Waals surface area contributed by atoms with Gasteiger partial charge in [0.25, 0.3) is 11.8 Å². The number of nitrogens with one attached hydrogen (secondary N) is 1. The van der Waals surface area contributed by atoms with Gasteiger partial charge in [0.1, 0.15) is 12.4 Å². The maximum atomic E-state index is 14.2. The number of halogens is 2. The summed E-state index contributed by atoms with van der Waals surface area (Å²) < 4.78 is 38.7. The van der Waals surface area contributed by atoms with Gasteiger partial charge in [0.15, 0.2) is 16.6 Å². The minimum Gasteiger partial charge on any atom is -0.493 e. The first-order valence-electron chi connectivity index (χ1n) is 9.72. The Balaban J connectivity index is 1.62. The number of nitrogens with zero attached hydrogens (tertiary/aromatic N) is 2. The van der Waals surface area contributed by atoms with Gasteiger partial charge in [0.05, 0.1) is 31.2 Å². The molecular weight excluding hydrogens is 456 g/mol. The Morgan fingerprint density at radius 3 is 2.76 bits per heavy atom. The Hall–Kier alpha value is -3.57. The number of hydrazone groups is 1. The summed E-state index contributed by atoms with van der Waals surface area (Å²) in [6.07, 6.45) is 1.14. The number of amides is 2. The first-order chi connectivity index (χ1) is 15.8. The molecule has 0 aliphatic heterocycles. The monoisotopic (exact) mass is 477 g/mol. The summed E-state index contributed by atoms with van der Waals surface area (Å²) >= 11 is 0.660. The third-order valence-electron chi connectivity index (χ3n) is 4.56. The van der Waals surface area contributed by atoms with Gasteiger partial charge in [-0.3, -0.25) is 9.59 Å². The normalized spacial score (nSPS) is 11.1. The predicted octanol–water partition coefficient (Wildman–Crippen LogP) is 2.78. The number of hydrogen-bond donors (Lipinski definition) is 2. The van der Waals surface area contributed by atoms with E-state index < -0.39 is 22.8 Å². The zero-order chi connectivity index (χ0) is 24.0. The predicted molar refractivity (Wildman–Crippen MR) is 120 cm³/mol. The van der Waals surface area contributed by atoms with E-state index >= 15 is 0 Å². The van der Waals surface area contributed by atoms with Crippen molar-refractivity contribution in [3.63, 3.8) is 0 Å². The lowest BCUT2D eigenvalue weighted by atomic mass is 10.2. The van der Waals surface area contributed by atoms with Crippen LogP contribution in [0.3, 0.4) is 0 Å². The molecule has 0 saturated carbocycles. The van der Waals surface area contributed by atoms with E-state index in [1.165, 1.54) is 44.5 Å². The molecule has 1 aromatic heterocycles. The lowest BCUT2D eigenvalue weighted by Gasteiger charge is -2.13. The fourth-order valence-corrected chi connectivity index (χ4v) is 3.77. The largest absolute Gasteiger partial charge is 0.493 e. The highest BCUT2D eigenvalue weighted by Crippen LogP contribution is 2.31. The quantitative estimate of drug-likeness (QED) is 0.365. The number of fused-ring (bicyclic) bond motifs is 1. The van der Waals surface area contributed by atoms with Gasteiger partial charge in [-0.2, -0.15) is 9.49 Å². The van der Waals surface area contributed by atoms with Crippen molar-refractivity contribution in [3.8, 4) is 11.5 Å². The Kier molecular flexibility index (Phi) is 7.91. The van der Waals surface area contributed by atoms with E-state index in [4.69, 9.17) is 14.6 Å². The zero-order valence-electron chi connectivity index (χ0n) is 17.8. The van der Waals surface area contributed by atoms with Crippen LogP contribution in [0.5, 0.6) is 11.5 Å². The summed E-state index contributed by atoms with van der Waals surface area (Å²) in [5.41, 5.74) is 0.310. The summed E-state index contributed by atoms with van der Waals surface area (Å²) in [6.45, 7) is -0.460. The molecule has 33 heavy (non-hydrogen) atoms. The number of carbonyl (C=O) groups is 2. The van der Waals surface area contributed by atoms with E-state index in [-0.39, 0.29) is 35.6 Å². The van der Waals surface area contributed by atoms with E-state index in [0.717, 1.165) is 11.2 Å². The molecule has 2 N–H and O–H groups in total. The van der Waals surface area contributed by atoms with Crippen LogP contribution in [0.25, 0.3) is 10.1 Å². The number of likely N-dealkylation sites (N-methyl/N-ethyl adjacent to an activating group) is 1. The van der Waals surface area contributed by atoms with Gasteiger partial charge < -0.3 is 19.9 Å². The summed E-state index contributed by atoms with van der Waals surface area (Å²) in [7, 11) is 2.77. The molecule has 1 heterocycles. The minimum absolute atomic E-state index is 0.0727. The van der Waals surface area contributed by atoms with Crippen LogP contribution in [0.15, 0.2) is 41.5 Å². The second-order valence-corrected chi connectivity index (χ2v) is 7.66. The maximum absolute atomic E-state index is 14.2. The average molecular weight is 477 g/mol. The molecule has 2 aromatic carbocycles. The highest BCUT2D eigenvalue weighted by Gasteiger charge is 2.16. The maximum Gasteiger partial charge on any atom is 0.261 e. The number of methoxy groups -OCH3 is 1. The van der Waals surface area contributed by atoms with Crippen molar-refractivity contribution in [2.75, 3.05) is 33.9 Å². The molecule has 0 radical (unpaired) electrons. The molecule has 0 aliphatic carbocycles. The highest BCUT2D eigenvalue weighted by atomic mass is 32.1. The average Bonchev–Trinajstić information content (AvgIpc) is 3.15. The van der Waals surface area contributed by atoms with Crippen molar-refractivity contribution in [2.45, 2.75) is 0 Å². The van der Waals surface area contributed by atoms with E-state index in [0.29, 0.717) is 28.2 Å². The number of benzene rings is 2. The molecule has 0 saturated heterocycles. The van der Waals surface area contributed by atoms with Gasteiger partial charge in [-0.15, -0.1) is 11.3 Å². The number of thiophene rings is 1. The van der Waals surface area contributed by atoms with Crippen LogP contribution in [0, 0.1) is 10.9 Å². The first-order valence-corrected chi connectivity index (χ1v) is 10.5. The summed E-state index contributed by atoms with van der Waals surface area (Å²) in [5.74, 6) is -0.960. The first kappa shape index (κ1) is 24.1. The Bertz CT molecular complexity index is 1200. The van der Waals surface area contributed by atoms with Crippen LogP contribution in [-0.2, 0) is 4.79 Å². The standard InChI is InChI=1S/C22H21F2N3O5S/c1-27(26-11-15-14-4-3-5-16(23)20(14)33-21(15)24)19(29)12-25-22(30)13-6-7-17(32-9-8-28)18(10-13)31-2/h3-7,10-11,28H,8-9,12H2,1-2H3,(H,25,30). The van der Waals surface area contributed by atoms with Gasteiger partial charge in [-0.05, 0) is 24.3 Å². The molecule has 3 aromatic rings. The summed E-state index contributed by atoms with van der Waals surface area (Å²) in [6, 6.07) is 8.72.